The minimum atomic E-state index is -0.425. The highest BCUT2D eigenvalue weighted by Gasteiger charge is 2.31. The second kappa shape index (κ2) is 8.82. The van der Waals surface area contributed by atoms with Gasteiger partial charge in [0.1, 0.15) is 0 Å². The molecular weight excluding hydrogens is 338 g/mol. The van der Waals surface area contributed by atoms with Crippen LogP contribution in [0.5, 0.6) is 0 Å². The summed E-state index contributed by atoms with van der Waals surface area (Å²) in [4.78, 5) is 26.6. The van der Waals surface area contributed by atoms with Gasteiger partial charge in [-0.1, -0.05) is 54.6 Å². The maximum absolute atomic E-state index is 12.3. The van der Waals surface area contributed by atoms with Gasteiger partial charge in [-0.05, 0) is 30.5 Å². The summed E-state index contributed by atoms with van der Waals surface area (Å²) in [6.45, 7) is 5.85. The van der Waals surface area contributed by atoms with Crippen molar-refractivity contribution in [2.45, 2.75) is 38.9 Å². The molecule has 1 aliphatic rings. The number of benzene rings is 2. The van der Waals surface area contributed by atoms with Crippen LogP contribution < -0.4 is 10.6 Å². The van der Waals surface area contributed by atoms with E-state index in [9.17, 15) is 9.59 Å². The zero-order valence-electron chi connectivity index (χ0n) is 15.9. The van der Waals surface area contributed by atoms with E-state index in [4.69, 9.17) is 0 Å². The highest BCUT2D eigenvalue weighted by Crippen LogP contribution is 2.21. The first kappa shape index (κ1) is 19.1. The summed E-state index contributed by atoms with van der Waals surface area (Å²) < 4.78 is 0. The number of piperazine rings is 1. The van der Waals surface area contributed by atoms with Crippen molar-refractivity contribution < 1.29 is 9.59 Å². The van der Waals surface area contributed by atoms with E-state index in [0.29, 0.717) is 13.1 Å². The average molecular weight is 365 g/mol. The number of carbonyl (C=O) groups is 2. The monoisotopic (exact) mass is 365 g/mol. The van der Waals surface area contributed by atoms with Gasteiger partial charge in [0.25, 0.3) is 0 Å². The summed E-state index contributed by atoms with van der Waals surface area (Å²) in [6, 6.07) is 18.3. The number of nitrogens with one attached hydrogen (secondary N) is 2. The zero-order valence-corrected chi connectivity index (χ0v) is 15.9. The molecule has 1 atom stereocenters. The van der Waals surface area contributed by atoms with Crippen molar-refractivity contribution >= 4 is 11.8 Å². The number of amides is 2. The molecule has 3 rings (SSSR count). The SMILES string of the molecule is CC(C)NC(=O)C[C@H]1C(=O)NCCN1Cc1ccc(-c2ccccc2)cc1. The predicted octanol–water partition coefficient (Wildman–Crippen LogP) is 2.57. The lowest BCUT2D eigenvalue weighted by molar-refractivity contribution is -0.134. The largest absolute Gasteiger partial charge is 0.354 e. The molecule has 142 valence electrons. The lowest BCUT2D eigenvalue weighted by Gasteiger charge is -2.34. The van der Waals surface area contributed by atoms with E-state index in [-0.39, 0.29) is 24.3 Å². The lowest BCUT2D eigenvalue weighted by Crippen LogP contribution is -2.56. The van der Waals surface area contributed by atoms with Crippen molar-refractivity contribution in [2.24, 2.45) is 0 Å². The number of rotatable bonds is 6. The Kier molecular flexibility index (Phi) is 6.24. The van der Waals surface area contributed by atoms with Crippen LogP contribution in [0.3, 0.4) is 0 Å². The molecule has 0 unspecified atom stereocenters. The fourth-order valence-electron chi connectivity index (χ4n) is 3.40. The van der Waals surface area contributed by atoms with Gasteiger partial charge in [-0.25, -0.2) is 0 Å². The van der Waals surface area contributed by atoms with Gasteiger partial charge in [-0.15, -0.1) is 0 Å². The fraction of sp³-hybridized carbons (Fsp3) is 0.364. The maximum Gasteiger partial charge on any atom is 0.237 e. The molecule has 27 heavy (non-hydrogen) atoms. The van der Waals surface area contributed by atoms with Gasteiger partial charge in [0.05, 0.1) is 12.5 Å². The Labute approximate surface area is 160 Å². The van der Waals surface area contributed by atoms with Crippen molar-refractivity contribution in [3.63, 3.8) is 0 Å². The van der Waals surface area contributed by atoms with E-state index in [1.165, 1.54) is 11.1 Å². The lowest BCUT2D eigenvalue weighted by atomic mass is 10.0. The molecule has 1 aliphatic heterocycles. The molecule has 0 saturated carbocycles. The van der Waals surface area contributed by atoms with Crippen LogP contribution in [-0.4, -0.2) is 41.9 Å². The molecule has 1 saturated heterocycles. The summed E-state index contributed by atoms with van der Waals surface area (Å²) in [5, 5.41) is 5.75. The topological polar surface area (TPSA) is 61.4 Å². The molecular formula is C22H27N3O2. The Hall–Kier alpha value is -2.66. The quantitative estimate of drug-likeness (QED) is 0.827. The summed E-state index contributed by atoms with van der Waals surface area (Å²) in [7, 11) is 0. The molecule has 0 aliphatic carbocycles. The van der Waals surface area contributed by atoms with Crippen LogP contribution in [0.25, 0.3) is 11.1 Å². The highest BCUT2D eigenvalue weighted by molar-refractivity contribution is 5.88. The van der Waals surface area contributed by atoms with Crippen molar-refractivity contribution in [1.82, 2.24) is 15.5 Å². The molecule has 0 spiro atoms. The van der Waals surface area contributed by atoms with Crippen molar-refractivity contribution in [3.8, 4) is 11.1 Å². The van der Waals surface area contributed by atoms with Gasteiger partial charge in [-0.2, -0.15) is 0 Å². The first-order valence-corrected chi connectivity index (χ1v) is 9.48. The fourth-order valence-corrected chi connectivity index (χ4v) is 3.40. The maximum atomic E-state index is 12.3. The molecule has 0 radical (unpaired) electrons. The first-order chi connectivity index (χ1) is 13.0. The number of hydrogen-bond acceptors (Lipinski definition) is 3. The summed E-state index contributed by atoms with van der Waals surface area (Å²) >= 11 is 0. The van der Waals surface area contributed by atoms with E-state index < -0.39 is 6.04 Å². The molecule has 1 heterocycles. The second-order valence-corrected chi connectivity index (χ2v) is 7.27. The van der Waals surface area contributed by atoms with Gasteiger partial charge in [0.2, 0.25) is 11.8 Å². The van der Waals surface area contributed by atoms with E-state index in [0.717, 1.165) is 12.1 Å². The Morgan fingerprint density at radius 2 is 1.78 bits per heavy atom. The second-order valence-electron chi connectivity index (χ2n) is 7.27. The standard InChI is InChI=1S/C22H27N3O2/c1-16(2)24-21(26)14-20-22(27)23-12-13-25(20)15-17-8-10-19(11-9-17)18-6-4-3-5-7-18/h3-11,16,20H,12-15H2,1-2H3,(H,23,27)(H,24,26)/t20-/m0/s1. The predicted molar refractivity (Wildman–Crippen MR) is 107 cm³/mol. The van der Waals surface area contributed by atoms with E-state index in [2.05, 4.69) is 51.9 Å². The minimum Gasteiger partial charge on any atom is -0.354 e. The van der Waals surface area contributed by atoms with Gasteiger partial charge in [0.15, 0.2) is 0 Å². The Bertz CT molecular complexity index is 772. The molecule has 1 fully saturated rings. The van der Waals surface area contributed by atoms with Crippen molar-refractivity contribution in [1.29, 1.82) is 0 Å². The van der Waals surface area contributed by atoms with Crippen LogP contribution in [0.15, 0.2) is 54.6 Å². The third-order valence-electron chi connectivity index (χ3n) is 4.72. The Morgan fingerprint density at radius 3 is 2.44 bits per heavy atom. The zero-order chi connectivity index (χ0) is 19.2. The number of nitrogens with zero attached hydrogens (tertiary/aromatic N) is 1. The molecule has 5 heteroatoms. The van der Waals surface area contributed by atoms with Crippen molar-refractivity contribution in [3.05, 3.63) is 60.2 Å². The smallest absolute Gasteiger partial charge is 0.237 e. The summed E-state index contributed by atoms with van der Waals surface area (Å²) in [6.07, 6.45) is 0.187. The van der Waals surface area contributed by atoms with Crippen LogP contribution in [0.4, 0.5) is 0 Å². The van der Waals surface area contributed by atoms with Crippen LogP contribution in [-0.2, 0) is 16.1 Å². The summed E-state index contributed by atoms with van der Waals surface area (Å²) in [5.41, 5.74) is 3.49. The third-order valence-corrected chi connectivity index (χ3v) is 4.72. The number of hydrogen-bond donors (Lipinski definition) is 2. The van der Waals surface area contributed by atoms with Crippen LogP contribution in [0, 0.1) is 0 Å². The molecule has 5 nitrogen and oxygen atoms in total. The van der Waals surface area contributed by atoms with Gasteiger partial charge < -0.3 is 10.6 Å². The highest BCUT2D eigenvalue weighted by atomic mass is 16.2. The minimum absolute atomic E-state index is 0.0685. The molecule has 2 amide bonds. The molecule has 2 aromatic rings. The Balaban J connectivity index is 1.68. The van der Waals surface area contributed by atoms with Crippen LogP contribution >= 0.6 is 0 Å². The average Bonchev–Trinajstić information content (AvgIpc) is 2.65. The third kappa shape index (κ3) is 5.17. The van der Waals surface area contributed by atoms with E-state index >= 15 is 0 Å². The first-order valence-electron chi connectivity index (χ1n) is 9.48. The molecule has 2 N–H and O–H groups in total. The van der Waals surface area contributed by atoms with Crippen molar-refractivity contribution in [2.75, 3.05) is 13.1 Å². The normalized spacial score (nSPS) is 17.6. The Morgan fingerprint density at radius 1 is 1.11 bits per heavy atom. The van der Waals surface area contributed by atoms with E-state index in [1.807, 2.05) is 32.0 Å². The molecule has 2 aromatic carbocycles. The van der Waals surface area contributed by atoms with Crippen LogP contribution in [0.1, 0.15) is 25.8 Å². The van der Waals surface area contributed by atoms with Gasteiger partial charge in [0, 0.05) is 25.7 Å². The van der Waals surface area contributed by atoms with Gasteiger partial charge in [-0.3, -0.25) is 14.5 Å². The molecule has 0 aromatic heterocycles. The van der Waals surface area contributed by atoms with E-state index in [1.54, 1.807) is 0 Å². The molecule has 0 bridgehead atoms. The van der Waals surface area contributed by atoms with Gasteiger partial charge >= 0.3 is 0 Å². The number of carbonyl (C=O) groups excluding carboxylic acids is 2. The van der Waals surface area contributed by atoms with Crippen LogP contribution in [0.2, 0.25) is 0 Å². The summed E-state index contributed by atoms with van der Waals surface area (Å²) in [5.74, 6) is -0.155.